The van der Waals surface area contributed by atoms with Gasteiger partial charge in [0.05, 0.1) is 27.2 Å². The molecule has 0 radical (unpaired) electrons. The van der Waals surface area contributed by atoms with Crippen LogP contribution in [0, 0.1) is 0 Å². The number of carbonyl (C=O) groups excluding carboxylic acids is 1. The molecule has 1 aliphatic heterocycles. The SMILES string of the molecule is COc1cc(/C=C2\SC(=S)N(c3ccc(Cl)cc3Cl)C2=O)cc(Br)c1O. The lowest BCUT2D eigenvalue weighted by Gasteiger charge is -2.16. The van der Waals surface area contributed by atoms with Crippen molar-refractivity contribution in [3.05, 3.63) is 55.3 Å². The van der Waals surface area contributed by atoms with E-state index in [1.807, 2.05) is 0 Å². The Labute approximate surface area is 177 Å². The molecule has 0 spiro atoms. The van der Waals surface area contributed by atoms with Gasteiger partial charge in [-0.2, -0.15) is 0 Å². The molecule has 0 aliphatic carbocycles. The number of aromatic hydroxyl groups is 1. The normalized spacial score (nSPS) is 15.8. The minimum atomic E-state index is -0.285. The molecule has 2 aromatic carbocycles. The number of thioether (sulfide) groups is 1. The molecule has 134 valence electrons. The van der Waals surface area contributed by atoms with Crippen molar-refractivity contribution >= 4 is 85.1 Å². The summed E-state index contributed by atoms with van der Waals surface area (Å²) < 4.78 is 5.96. The standard InChI is InChI=1S/C17H10BrCl2NO3S2/c1-24-13-5-8(4-10(18)15(13)22)6-14-16(23)21(17(25)26-14)12-3-2-9(19)7-11(12)20/h2-7,22H,1H3/b14-6-. The van der Waals surface area contributed by atoms with Crippen LogP contribution >= 0.6 is 63.1 Å². The molecule has 0 unspecified atom stereocenters. The van der Waals surface area contributed by atoms with Crippen LogP contribution in [0.15, 0.2) is 39.7 Å². The van der Waals surface area contributed by atoms with E-state index in [4.69, 9.17) is 40.2 Å². The second-order valence-electron chi connectivity index (χ2n) is 5.17. The van der Waals surface area contributed by atoms with E-state index >= 15 is 0 Å². The monoisotopic (exact) mass is 489 g/mol. The van der Waals surface area contributed by atoms with Crippen LogP contribution in [0.25, 0.3) is 6.08 Å². The van der Waals surface area contributed by atoms with E-state index in [1.165, 1.54) is 23.8 Å². The average Bonchev–Trinajstić information content (AvgIpc) is 2.85. The van der Waals surface area contributed by atoms with Gasteiger partial charge >= 0.3 is 0 Å². The Hall–Kier alpha value is -1.25. The quantitative estimate of drug-likeness (QED) is 0.430. The second-order valence-corrected chi connectivity index (χ2v) is 8.54. The molecule has 0 saturated carbocycles. The van der Waals surface area contributed by atoms with Crippen LogP contribution in [0.3, 0.4) is 0 Å². The maximum atomic E-state index is 12.8. The highest BCUT2D eigenvalue weighted by atomic mass is 79.9. The van der Waals surface area contributed by atoms with Crippen molar-refractivity contribution in [2.24, 2.45) is 0 Å². The summed E-state index contributed by atoms with van der Waals surface area (Å²) in [7, 11) is 1.45. The number of hydrogen-bond donors (Lipinski definition) is 1. The number of ether oxygens (including phenoxy) is 1. The zero-order valence-corrected chi connectivity index (χ0v) is 17.9. The third-order valence-electron chi connectivity index (χ3n) is 3.51. The Morgan fingerprint density at radius 1 is 1.31 bits per heavy atom. The van der Waals surface area contributed by atoms with Crippen LogP contribution in [0.4, 0.5) is 5.69 Å². The average molecular weight is 491 g/mol. The van der Waals surface area contributed by atoms with Gasteiger partial charge in [-0.15, -0.1) is 0 Å². The summed E-state index contributed by atoms with van der Waals surface area (Å²) in [5.41, 5.74) is 1.15. The first kappa shape index (κ1) is 19.5. The predicted molar refractivity (Wildman–Crippen MR) is 114 cm³/mol. The van der Waals surface area contributed by atoms with Gasteiger partial charge in [0.25, 0.3) is 5.91 Å². The van der Waals surface area contributed by atoms with Crippen LogP contribution in [0.2, 0.25) is 10.0 Å². The van der Waals surface area contributed by atoms with E-state index in [2.05, 4.69) is 15.9 Å². The van der Waals surface area contributed by atoms with Crippen LogP contribution in [-0.2, 0) is 4.79 Å². The molecule has 1 fully saturated rings. The van der Waals surface area contributed by atoms with Crippen molar-refractivity contribution in [3.63, 3.8) is 0 Å². The van der Waals surface area contributed by atoms with Crippen LogP contribution in [0.5, 0.6) is 11.5 Å². The highest BCUT2D eigenvalue weighted by molar-refractivity contribution is 9.10. The van der Waals surface area contributed by atoms with Gasteiger partial charge in [-0.1, -0.05) is 47.2 Å². The second kappa shape index (κ2) is 7.78. The molecular formula is C17H10BrCl2NO3S2. The third kappa shape index (κ3) is 3.73. The minimum Gasteiger partial charge on any atom is -0.503 e. The number of methoxy groups -OCH3 is 1. The number of phenols is 1. The molecule has 0 bridgehead atoms. The number of phenolic OH excluding ortho intramolecular Hbond substituents is 1. The highest BCUT2D eigenvalue weighted by Crippen LogP contribution is 2.41. The Bertz CT molecular complexity index is 965. The largest absolute Gasteiger partial charge is 0.503 e. The van der Waals surface area contributed by atoms with E-state index in [1.54, 1.807) is 36.4 Å². The molecule has 4 nitrogen and oxygen atoms in total. The number of benzene rings is 2. The molecule has 1 saturated heterocycles. The smallest absolute Gasteiger partial charge is 0.270 e. The highest BCUT2D eigenvalue weighted by Gasteiger charge is 2.34. The van der Waals surface area contributed by atoms with Crippen LogP contribution < -0.4 is 9.64 Å². The molecular weight excluding hydrogens is 481 g/mol. The summed E-state index contributed by atoms with van der Waals surface area (Å²) >= 11 is 21.9. The fourth-order valence-corrected chi connectivity index (χ4v) is 4.56. The van der Waals surface area contributed by atoms with Gasteiger partial charge in [-0.25, -0.2) is 0 Å². The van der Waals surface area contributed by atoms with Crippen molar-refractivity contribution in [3.8, 4) is 11.5 Å². The molecule has 2 aromatic rings. The van der Waals surface area contributed by atoms with Crippen molar-refractivity contribution in [1.82, 2.24) is 0 Å². The number of rotatable bonds is 3. The molecule has 1 aliphatic rings. The topological polar surface area (TPSA) is 49.8 Å². The number of amides is 1. The molecule has 0 aromatic heterocycles. The van der Waals surface area contributed by atoms with Crippen LogP contribution in [0.1, 0.15) is 5.56 Å². The lowest BCUT2D eigenvalue weighted by atomic mass is 10.2. The summed E-state index contributed by atoms with van der Waals surface area (Å²) in [5, 5.41) is 10.7. The predicted octanol–water partition coefficient (Wildman–Crippen LogP) is 5.88. The van der Waals surface area contributed by atoms with Gasteiger partial charge in [0, 0.05) is 5.02 Å². The van der Waals surface area contributed by atoms with Crippen molar-refractivity contribution in [2.75, 3.05) is 12.0 Å². The molecule has 1 N–H and O–H groups in total. The van der Waals surface area contributed by atoms with Crippen molar-refractivity contribution in [2.45, 2.75) is 0 Å². The number of anilines is 1. The number of hydrogen-bond acceptors (Lipinski definition) is 5. The first-order valence-corrected chi connectivity index (χ1v) is 9.88. The molecule has 26 heavy (non-hydrogen) atoms. The number of halogens is 3. The first-order chi connectivity index (χ1) is 12.3. The van der Waals surface area contributed by atoms with Crippen LogP contribution in [-0.4, -0.2) is 22.4 Å². The molecule has 3 rings (SSSR count). The summed E-state index contributed by atoms with van der Waals surface area (Å²) in [6.07, 6.45) is 1.68. The summed E-state index contributed by atoms with van der Waals surface area (Å²) in [5.74, 6) is -0.000573. The number of thiocarbonyl (C=S) groups is 1. The lowest BCUT2D eigenvalue weighted by Crippen LogP contribution is -2.27. The Morgan fingerprint density at radius 2 is 2.04 bits per heavy atom. The van der Waals surface area contributed by atoms with E-state index in [-0.39, 0.29) is 11.7 Å². The molecule has 1 heterocycles. The summed E-state index contributed by atoms with van der Waals surface area (Å²) in [6, 6.07) is 8.16. The van der Waals surface area contributed by atoms with Crippen molar-refractivity contribution < 1.29 is 14.6 Å². The fraction of sp³-hybridized carbons (Fsp3) is 0.0588. The van der Waals surface area contributed by atoms with E-state index in [9.17, 15) is 9.90 Å². The summed E-state index contributed by atoms with van der Waals surface area (Å²) in [4.78, 5) is 14.6. The van der Waals surface area contributed by atoms with Gasteiger partial charge in [-0.3, -0.25) is 9.69 Å². The van der Waals surface area contributed by atoms with Gasteiger partial charge in [-0.05, 0) is 57.9 Å². The van der Waals surface area contributed by atoms with Crippen molar-refractivity contribution in [1.29, 1.82) is 0 Å². The zero-order chi connectivity index (χ0) is 19.0. The number of carbonyl (C=O) groups is 1. The van der Waals surface area contributed by atoms with Gasteiger partial charge in [0.2, 0.25) is 0 Å². The fourth-order valence-electron chi connectivity index (χ4n) is 2.32. The Kier molecular flexibility index (Phi) is 5.84. The minimum absolute atomic E-state index is 0.00913. The molecule has 1 amide bonds. The maximum absolute atomic E-state index is 12.8. The Balaban J connectivity index is 1.99. The maximum Gasteiger partial charge on any atom is 0.270 e. The van der Waals surface area contributed by atoms with E-state index in [0.29, 0.717) is 40.7 Å². The first-order valence-electron chi connectivity index (χ1n) is 7.11. The summed E-state index contributed by atoms with van der Waals surface area (Å²) in [6.45, 7) is 0. The van der Waals surface area contributed by atoms with Gasteiger partial charge in [0.15, 0.2) is 15.8 Å². The van der Waals surface area contributed by atoms with Gasteiger partial charge in [0.1, 0.15) is 0 Å². The number of nitrogens with zero attached hydrogens (tertiary/aromatic N) is 1. The van der Waals surface area contributed by atoms with E-state index in [0.717, 1.165) is 0 Å². The van der Waals surface area contributed by atoms with E-state index < -0.39 is 0 Å². The molecule has 9 heteroatoms. The van der Waals surface area contributed by atoms with Gasteiger partial charge < -0.3 is 9.84 Å². The molecule has 0 atom stereocenters. The lowest BCUT2D eigenvalue weighted by molar-refractivity contribution is -0.113. The Morgan fingerprint density at radius 3 is 2.69 bits per heavy atom. The zero-order valence-electron chi connectivity index (χ0n) is 13.1. The third-order valence-corrected chi connectivity index (χ3v) is 5.96.